The van der Waals surface area contributed by atoms with Gasteiger partial charge in [0.2, 0.25) is 0 Å². The largest absolute Gasteiger partial charge is 0.361 e. The van der Waals surface area contributed by atoms with Crippen molar-refractivity contribution in [1.82, 2.24) is 10.2 Å². The van der Waals surface area contributed by atoms with Gasteiger partial charge in [0.15, 0.2) is 5.17 Å². The molecule has 6 heteroatoms. The van der Waals surface area contributed by atoms with E-state index in [1.54, 1.807) is 0 Å². The summed E-state index contributed by atoms with van der Waals surface area (Å²) in [4.78, 5) is 7.30. The Morgan fingerprint density at radius 3 is 2.57 bits per heavy atom. The maximum absolute atomic E-state index is 4.70. The van der Waals surface area contributed by atoms with E-state index < -0.39 is 0 Å². The molecule has 0 saturated carbocycles. The quantitative estimate of drug-likeness (QED) is 0.784. The zero-order chi connectivity index (χ0) is 14.3. The Morgan fingerprint density at radius 1 is 1.04 bits per heavy atom. The summed E-state index contributed by atoms with van der Waals surface area (Å²) in [7, 11) is 0. The van der Waals surface area contributed by atoms with E-state index >= 15 is 0 Å². The second-order valence-corrected chi connectivity index (χ2v) is 6.93. The van der Waals surface area contributed by atoms with E-state index in [1.165, 1.54) is 62.2 Å². The minimum atomic E-state index is 0. The number of amidine groups is 1. The van der Waals surface area contributed by atoms with Crippen molar-refractivity contribution in [2.75, 3.05) is 25.4 Å². The summed E-state index contributed by atoms with van der Waals surface area (Å²) in [6.45, 7) is 5.65. The molecule has 0 atom stereocenters. The summed E-state index contributed by atoms with van der Waals surface area (Å²) in [5, 5.41) is 4.59. The molecule has 130 valence electrons. The first-order chi connectivity index (χ1) is 10.4. The van der Waals surface area contributed by atoms with Crippen LogP contribution in [0.1, 0.15) is 36.8 Å². The van der Waals surface area contributed by atoms with Gasteiger partial charge in [-0.05, 0) is 56.4 Å². The number of thioether (sulfide) groups is 1. The summed E-state index contributed by atoms with van der Waals surface area (Å²) in [6.07, 6.45) is 5.40. The lowest BCUT2D eigenvalue weighted by Crippen LogP contribution is -2.21. The molecule has 1 N–H and O–H groups in total. The number of hydrogen-bond acceptors (Lipinski definition) is 4. The molecule has 1 aromatic rings. The van der Waals surface area contributed by atoms with Crippen LogP contribution in [-0.2, 0) is 13.1 Å². The van der Waals surface area contributed by atoms with E-state index in [4.69, 9.17) is 4.99 Å². The zero-order valence-electron chi connectivity index (χ0n) is 13.5. The van der Waals surface area contributed by atoms with Crippen LogP contribution in [0, 0.1) is 0 Å². The Balaban J connectivity index is 0.00000132. The Labute approximate surface area is 156 Å². The number of unbranched alkanes of at least 4 members (excludes halogenated alkanes) is 1. The monoisotopic (exact) mass is 375 g/mol. The summed E-state index contributed by atoms with van der Waals surface area (Å²) < 4.78 is 0. The van der Waals surface area contributed by atoms with Crippen LogP contribution < -0.4 is 5.32 Å². The summed E-state index contributed by atoms with van der Waals surface area (Å²) in [5.41, 5.74) is 2.74. The molecule has 2 aliphatic heterocycles. The maximum atomic E-state index is 4.70. The Morgan fingerprint density at radius 2 is 1.78 bits per heavy atom. The van der Waals surface area contributed by atoms with Gasteiger partial charge in [-0.2, -0.15) is 0 Å². The first-order valence-electron chi connectivity index (χ1n) is 8.12. The number of halogens is 2. The van der Waals surface area contributed by atoms with Crippen LogP contribution in [-0.4, -0.2) is 35.5 Å². The highest BCUT2D eigenvalue weighted by atomic mass is 35.5. The molecule has 1 saturated heterocycles. The standard InChI is InChI=1S/C17H25N3S.2ClH/c1-2-8-16-14-19-17(18-13-15(16)7-1)21-12-6-5-11-20-9-3-4-10-20;;/h1-2,7-8H,3-6,9-14H2,(H,18,19);2*1H. The lowest BCUT2D eigenvalue weighted by molar-refractivity contribution is 0.333. The van der Waals surface area contributed by atoms with Gasteiger partial charge in [0.1, 0.15) is 0 Å². The van der Waals surface area contributed by atoms with Gasteiger partial charge >= 0.3 is 0 Å². The van der Waals surface area contributed by atoms with Crippen molar-refractivity contribution >= 4 is 41.7 Å². The van der Waals surface area contributed by atoms with Gasteiger partial charge in [-0.3, -0.25) is 4.99 Å². The first kappa shape index (κ1) is 20.6. The van der Waals surface area contributed by atoms with Crippen LogP contribution in [0.4, 0.5) is 0 Å². The maximum Gasteiger partial charge on any atom is 0.157 e. The Kier molecular flexibility index (Phi) is 10.0. The third-order valence-electron chi connectivity index (χ3n) is 4.25. The van der Waals surface area contributed by atoms with Crippen molar-refractivity contribution in [2.24, 2.45) is 4.99 Å². The van der Waals surface area contributed by atoms with Gasteiger partial charge in [0.25, 0.3) is 0 Å². The van der Waals surface area contributed by atoms with Crippen molar-refractivity contribution in [2.45, 2.75) is 38.8 Å². The van der Waals surface area contributed by atoms with Gasteiger partial charge in [0.05, 0.1) is 6.54 Å². The molecular weight excluding hydrogens is 349 g/mol. The van der Waals surface area contributed by atoms with Crippen molar-refractivity contribution in [3.8, 4) is 0 Å². The first-order valence-corrected chi connectivity index (χ1v) is 9.10. The van der Waals surface area contributed by atoms with E-state index in [9.17, 15) is 0 Å². The lowest BCUT2D eigenvalue weighted by Gasteiger charge is -2.13. The fourth-order valence-electron chi connectivity index (χ4n) is 2.98. The molecule has 0 spiro atoms. The number of hydrogen-bond donors (Lipinski definition) is 1. The normalized spacial score (nSPS) is 17.1. The molecule has 0 unspecified atom stereocenters. The average molecular weight is 376 g/mol. The molecule has 2 heterocycles. The molecule has 0 aromatic heterocycles. The topological polar surface area (TPSA) is 27.6 Å². The van der Waals surface area contributed by atoms with E-state index in [2.05, 4.69) is 34.5 Å². The third-order valence-corrected chi connectivity index (χ3v) is 5.29. The van der Waals surface area contributed by atoms with E-state index in [-0.39, 0.29) is 24.8 Å². The van der Waals surface area contributed by atoms with Gasteiger partial charge in [-0.15, -0.1) is 24.8 Å². The third kappa shape index (κ3) is 6.54. The second kappa shape index (κ2) is 11.2. The zero-order valence-corrected chi connectivity index (χ0v) is 15.9. The van der Waals surface area contributed by atoms with Gasteiger partial charge in [0, 0.05) is 12.3 Å². The molecule has 3 nitrogen and oxygen atoms in total. The predicted molar refractivity (Wildman–Crippen MR) is 106 cm³/mol. The number of nitrogens with one attached hydrogen (secondary N) is 1. The molecule has 23 heavy (non-hydrogen) atoms. The number of fused-ring (bicyclic) bond motifs is 1. The summed E-state index contributed by atoms with van der Waals surface area (Å²) in [6, 6.07) is 8.59. The van der Waals surface area contributed by atoms with Crippen LogP contribution >= 0.6 is 36.6 Å². The molecule has 1 fully saturated rings. The smallest absolute Gasteiger partial charge is 0.157 e. The van der Waals surface area contributed by atoms with Crippen molar-refractivity contribution in [3.63, 3.8) is 0 Å². The molecule has 0 aliphatic carbocycles. The highest BCUT2D eigenvalue weighted by molar-refractivity contribution is 8.13. The SMILES string of the molecule is Cl.Cl.c1ccc2c(c1)CN=C(SCCCCN1CCCC1)NC2. The van der Waals surface area contributed by atoms with Gasteiger partial charge < -0.3 is 10.2 Å². The summed E-state index contributed by atoms with van der Waals surface area (Å²) in [5.74, 6) is 1.18. The van der Waals surface area contributed by atoms with Crippen LogP contribution in [0.25, 0.3) is 0 Å². The molecule has 0 bridgehead atoms. The fourth-order valence-corrected chi connectivity index (χ4v) is 3.85. The number of likely N-dealkylation sites (tertiary alicyclic amines) is 1. The van der Waals surface area contributed by atoms with Gasteiger partial charge in [-0.1, -0.05) is 36.0 Å². The number of rotatable bonds is 5. The molecule has 2 aliphatic rings. The van der Waals surface area contributed by atoms with Crippen LogP contribution in [0.15, 0.2) is 29.3 Å². The lowest BCUT2D eigenvalue weighted by atomic mass is 10.1. The van der Waals surface area contributed by atoms with Crippen LogP contribution in [0.5, 0.6) is 0 Å². The number of aliphatic imine (C=N–C) groups is 1. The second-order valence-electron chi connectivity index (χ2n) is 5.85. The van der Waals surface area contributed by atoms with Crippen molar-refractivity contribution in [1.29, 1.82) is 0 Å². The average Bonchev–Trinajstić information content (AvgIpc) is 2.94. The summed E-state index contributed by atoms with van der Waals surface area (Å²) >= 11 is 1.88. The highest BCUT2D eigenvalue weighted by Gasteiger charge is 2.11. The van der Waals surface area contributed by atoms with Gasteiger partial charge in [-0.25, -0.2) is 0 Å². The molecular formula is C17H27Cl2N3S. The van der Waals surface area contributed by atoms with E-state index in [1.807, 2.05) is 11.8 Å². The number of nitrogens with zero attached hydrogens (tertiary/aromatic N) is 2. The Bertz CT molecular complexity index is 490. The van der Waals surface area contributed by atoms with Crippen molar-refractivity contribution in [3.05, 3.63) is 35.4 Å². The number of benzene rings is 1. The van der Waals surface area contributed by atoms with Crippen molar-refractivity contribution < 1.29 is 0 Å². The minimum absolute atomic E-state index is 0. The molecule has 3 rings (SSSR count). The van der Waals surface area contributed by atoms with Crippen LogP contribution in [0.2, 0.25) is 0 Å². The fraction of sp³-hybridized carbons (Fsp3) is 0.588. The Hall–Kier alpha value is -0.420. The van der Waals surface area contributed by atoms with Crippen LogP contribution in [0.3, 0.4) is 0 Å². The minimum Gasteiger partial charge on any atom is -0.361 e. The molecule has 1 aromatic carbocycles. The highest BCUT2D eigenvalue weighted by Crippen LogP contribution is 2.16. The predicted octanol–water partition coefficient (Wildman–Crippen LogP) is 4.10. The van der Waals surface area contributed by atoms with E-state index in [0.717, 1.165) is 18.3 Å². The van der Waals surface area contributed by atoms with E-state index in [0.29, 0.717) is 0 Å². The molecule has 0 radical (unpaired) electrons. The molecule has 0 amide bonds.